The van der Waals surface area contributed by atoms with Crippen molar-refractivity contribution in [3.8, 4) is 0 Å². The highest BCUT2D eigenvalue weighted by Crippen LogP contribution is 1.98. The van der Waals surface area contributed by atoms with E-state index < -0.39 is 11.5 Å². The van der Waals surface area contributed by atoms with Gasteiger partial charge in [-0.2, -0.15) is 0 Å². The van der Waals surface area contributed by atoms with Crippen LogP contribution in [0.2, 0.25) is 0 Å². The molecule has 56 valence electrons. The number of aromatic amines is 1. The number of halogens is 1. The lowest BCUT2D eigenvalue weighted by atomic mass is 10.6. The number of nitrogens with one attached hydrogen (secondary N) is 1. The molecule has 2 aromatic heterocycles. The van der Waals surface area contributed by atoms with Crippen molar-refractivity contribution < 1.29 is 4.39 Å². The predicted octanol–water partition coefficient (Wildman–Crippen LogP) is -0.443. The fourth-order valence-electron chi connectivity index (χ4n) is 0.806. The van der Waals surface area contributed by atoms with Crippen LogP contribution in [-0.2, 0) is 0 Å². The van der Waals surface area contributed by atoms with Gasteiger partial charge in [0.1, 0.15) is 6.33 Å². The zero-order valence-electron chi connectivity index (χ0n) is 5.28. The summed E-state index contributed by atoms with van der Waals surface area (Å²) < 4.78 is 13.7. The second-order valence-corrected chi connectivity index (χ2v) is 1.97. The fraction of sp³-hybridized carbons (Fsp3) is 0. The lowest BCUT2D eigenvalue weighted by molar-refractivity contribution is 0.618. The molecule has 0 radical (unpaired) electrons. The van der Waals surface area contributed by atoms with Gasteiger partial charge in [-0.05, 0) is 0 Å². The first kappa shape index (κ1) is 6.02. The quantitative estimate of drug-likeness (QED) is 0.559. The Bertz CT molecular complexity index is 445. The normalized spacial score (nSPS) is 10.6. The van der Waals surface area contributed by atoms with Gasteiger partial charge < -0.3 is 4.98 Å². The topological polar surface area (TPSA) is 63.0 Å². The number of hydrogen-bond donors (Lipinski definition) is 1. The second kappa shape index (κ2) is 1.88. The standard InChI is InChI=1S/C5H3FN4O/c6-3-1-7-5(11)10-2-8-9-4(3)10/h1-2H,(H,7,11). The van der Waals surface area contributed by atoms with E-state index in [-0.39, 0.29) is 5.65 Å². The molecule has 0 spiro atoms. The van der Waals surface area contributed by atoms with Crippen molar-refractivity contribution in [1.82, 2.24) is 19.6 Å². The highest BCUT2D eigenvalue weighted by Gasteiger charge is 2.03. The Balaban J connectivity index is 3.08. The number of aromatic nitrogens is 4. The maximum Gasteiger partial charge on any atom is 0.332 e. The Morgan fingerprint density at radius 1 is 1.64 bits per heavy atom. The van der Waals surface area contributed by atoms with E-state index in [0.717, 1.165) is 16.9 Å². The number of H-pyrrole nitrogens is 1. The van der Waals surface area contributed by atoms with Gasteiger partial charge in [-0.25, -0.2) is 13.6 Å². The monoisotopic (exact) mass is 154 g/mol. The molecule has 0 saturated carbocycles. The van der Waals surface area contributed by atoms with Gasteiger partial charge in [0.15, 0.2) is 5.82 Å². The summed E-state index contributed by atoms with van der Waals surface area (Å²) in [4.78, 5) is 13.0. The van der Waals surface area contributed by atoms with Crippen molar-refractivity contribution in [2.75, 3.05) is 0 Å². The highest BCUT2D eigenvalue weighted by molar-refractivity contribution is 5.35. The maximum atomic E-state index is 12.7. The zero-order chi connectivity index (χ0) is 7.84. The van der Waals surface area contributed by atoms with Gasteiger partial charge >= 0.3 is 5.69 Å². The predicted molar refractivity (Wildman–Crippen MR) is 33.6 cm³/mol. The van der Waals surface area contributed by atoms with E-state index in [4.69, 9.17) is 0 Å². The molecule has 0 atom stereocenters. The van der Waals surface area contributed by atoms with E-state index >= 15 is 0 Å². The van der Waals surface area contributed by atoms with Gasteiger partial charge in [-0.3, -0.25) is 0 Å². The summed E-state index contributed by atoms with van der Waals surface area (Å²) in [6.07, 6.45) is 2.10. The van der Waals surface area contributed by atoms with Gasteiger partial charge in [-0.15, -0.1) is 10.2 Å². The summed E-state index contributed by atoms with van der Waals surface area (Å²) in [6.45, 7) is 0. The van der Waals surface area contributed by atoms with Crippen molar-refractivity contribution in [3.63, 3.8) is 0 Å². The van der Waals surface area contributed by atoms with Crippen LogP contribution in [0.15, 0.2) is 17.3 Å². The Labute approximate surface area is 59.5 Å². The smallest absolute Gasteiger partial charge is 0.311 e. The van der Waals surface area contributed by atoms with Gasteiger partial charge in [0.2, 0.25) is 5.65 Å². The molecule has 6 heteroatoms. The summed E-state index contributed by atoms with van der Waals surface area (Å²) in [5, 5.41) is 6.77. The number of rotatable bonds is 0. The van der Waals surface area contributed by atoms with Crippen LogP contribution in [0.3, 0.4) is 0 Å². The molecule has 0 aliphatic heterocycles. The lowest BCUT2D eigenvalue weighted by Gasteiger charge is -1.89. The van der Waals surface area contributed by atoms with Crippen LogP contribution >= 0.6 is 0 Å². The van der Waals surface area contributed by atoms with Crippen LogP contribution in [0.4, 0.5) is 4.39 Å². The summed E-state index contributed by atoms with van der Waals surface area (Å²) in [5.74, 6) is -0.595. The SMILES string of the molecule is O=c1[nH]cc(F)c2nncn12. The molecule has 0 amide bonds. The second-order valence-electron chi connectivity index (χ2n) is 1.97. The Morgan fingerprint density at radius 3 is 3.18 bits per heavy atom. The molecule has 0 aliphatic rings. The molecule has 0 bridgehead atoms. The number of hydrogen-bond acceptors (Lipinski definition) is 3. The van der Waals surface area contributed by atoms with Crippen LogP contribution in [0.5, 0.6) is 0 Å². The van der Waals surface area contributed by atoms with Crippen LogP contribution in [0, 0.1) is 5.82 Å². The first-order chi connectivity index (χ1) is 5.29. The fourth-order valence-corrected chi connectivity index (χ4v) is 0.806. The summed E-state index contributed by atoms with van der Waals surface area (Å²) >= 11 is 0. The third-order valence-corrected chi connectivity index (χ3v) is 1.30. The molecule has 0 fully saturated rings. The van der Waals surface area contributed by atoms with E-state index in [2.05, 4.69) is 15.2 Å². The van der Waals surface area contributed by atoms with Crippen molar-refractivity contribution >= 4 is 5.65 Å². The largest absolute Gasteiger partial charge is 0.332 e. The van der Waals surface area contributed by atoms with Gasteiger partial charge in [0.25, 0.3) is 0 Å². The van der Waals surface area contributed by atoms with Crippen molar-refractivity contribution in [2.24, 2.45) is 0 Å². The maximum absolute atomic E-state index is 12.7. The van der Waals surface area contributed by atoms with Crippen LogP contribution in [0.1, 0.15) is 0 Å². The van der Waals surface area contributed by atoms with E-state index in [1.165, 1.54) is 0 Å². The van der Waals surface area contributed by atoms with Crippen molar-refractivity contribution in [2.45, 2.75) is 0 Å². The minimum Gasteiger partial charge on any atom is -0.311 e. The van der Waals surface area contributed by atoms with E-state index in [1.807, 2.05) is 0 Å². The highest BCUT2D eigenvalue weighted by atomic mass is 19.1. The molecule has 0 aliphatic carbocycles. The van der Waals surface area contributed by atoms with E-state index in [9.17, 15) is 9.18 Å². The average molecular weight is 154 g/mol. The molecule has 0 unspecified atom stereocenters. The van der Waals surface area contributed by atoms with Crippen LogP contribution in [-0.4, -0.2) is 19.6 Å². The minimum atomic E-state index is -0.595. The lowest BCUT2D eigenvalue weighted by Crippen LogP contribution is -2.15. The van der Waals surface area contributed by atoms with Crippen molar-refractivity contribution in [3.05, 3.63) is 28.8 Å². The molecular weight excluding hydrogens is 151 g/mol. The molecule has 2 rings (SSSR count). The molecular formula is C5H3FN4O. The van der Waals surface area contributed by atoms with Crippen LogP contribution < -0.4 is 5.69 Å². The van der Waals surface area contributed by atoms with Gasteiger partial charge in [0.05, 0.1) is 0 Å². The Morgan fingerprint density at radius 2 is 2.45 bits per heavy atom. The molecule has 0 aromatic carbocycles. The molecule has 2 aromatic rings. The van der Waals surface area contributed by atoms with Crippen LogP contribution in [0.25, 0.3) is 5.65 Å². The molecule has 11 heavy (non-hydrogen) atoms. The Hall–Kier alpha value is -1.72. The first-order valence-electron chi connectivity index (χ1n) is 2.86. The average Bonchev–Trinajstić information content (AvgIpc) is 2.45. The molecule has 0 saturated heterocycles. The van der Waals surface area contributed by atoms with Gasteiger partial charge in [0, 0.05) is 6.20 Å². The summed E-state index contributed by atoms with van der Waals surface area (Å²) in [7, 11) is 0. The summed E-state index contributed by atoms with van der Waals surface area (Å²) in [5.41, 5.74) is -0.514. The molecule has 5 nitrogen and oxygen atoms in total. The zero-order valence-corrected chi connectivity index (χ0v) is 5.28. The summed E-state index contributed by atoms with van der Waals surface area (Å²) in [6, 6.07) is 0. The van der Waals surface area contributed by atoms with Gasteiger partial charge in [-0.1, -0.05) is 0 Å². The molecule has 1 N–H and O–H groups in total. The first-order valence-corrected chi connectivity index (χ1v) is 2.86. The Kier molecular flexibility index (Phi) is 1.03. The third kappa shape index (κ3) is 0.721. The third-order valence-electron chi connectivity index (χ3n) is 1.30. The minimum absolute atomic E-state index is 0.0613. The number of nitrogens with zero attached hydrogens (tertiary/aromatic N) is 3. The van der Waals surface area contributed by atoms with E-state index in [1.54, 1.807) is 0 Å². The number of fused-ring (bicyclic) bond motifs is 1. The van der Waals surface area contributed by atoms with E-state index in [0.29, 0.717) is 0 Å². The molecule has 2 heterocycles. The van der Waals surface area contributed by atoms with Crippen molar-refractivity contribution in [1.29, 1.82) is 0 Å².